The number of rotatable bonds is 5. The third-order valence-corrected chi connectivity index (χ3v) is 4.93. The van der Waals surface area contributed by atoms with Crippen molar-refractivity contribution < 1.29 is 9.59 Å². The van der Waals surface area contributed by atoms with Crippen molar-refractivity contribution >= 4 is 11.8 Å². The molecule has 4 nitrogen and oxygen atoms in total. The monoisotopic (exact) mass is 294 g/mol. The lowest BCUT2D eigenvalue weighted by molar-refractivity contribution is -0.153. The summed E-state index contributed by atoms with van der Waals surface area (Å²) in [6, 6.07) is 0.268. The minimum absolute atomic E-state index is 0.00922. The van der Waals surface area contributed by atoms with Crippen LogP contribution in [0.15, 0.2) is 0 Å². The van der Waals surface area contributed by atoms with Gasteiger partial charge < -0.3 is 5.32 Å². The molecule has 1 unspecified atom stereocenters. The molecule has 2 aliphatic rings. The second kappa shape index (κ2) is 6.91. The number of likely N-dealkylation sites (tertiary alicyclic amines) is 1. The first-order valence-corrected chi connectivity index (χ1v) is 8.49. The van der Waals surface area contributed by atoms with Gasteiger partial charge in [-0.2, -0.15) is 0 Å². The number of carbonyl (C=O) groups excluding carboxylic acids is 2. The summed E-state index contributed by atoms with van der Waals surface area (Å²) in [5, 5.41) is 3.52. The number of carbonyl (C=O) groups is 2. The van der Waals surface area contributed by atoms with Crippen molar-refractivity contribution in [1.29, 1.82) is 0 Å². The third kappa shape index (κ3) is 4.29. The summed E-state index contributed by atoms with van der Waals surface area (Å²) in [6.45, 7) is 7.56. The lowest BCUT2D eigenvalue weighted by atomic mass is 9.80. The topological polar surface area (TPSA) is 49.4 Å². The number of hydrogen-bond acceptors (Lipinski definition) is 3. The van der Waals surface area contributed by atoms with E-state index in [2.05, 4.69) is 12.2 Å². The zero-order valence-corrected chi connectivity index (χ0v) is 13.8. The Morgan fingerprint density at radius 3 is 2.24 bits per heavy atom. The molecule has 1 aliphatic heterocycles. The fourth-order valence-electron chi connectivity index (χ4n) is 3.79. The molecule has 2 rings (SSSR count). The normalized spacial score (nSPS) is 25.2. The quantitative estimate of drug-likeness (QED) is 0.793. The molecule has 2 amide bonds. The fraction of sp³-hybridized carbons (Fsp3) is 0.882. The van der Waals surface area contributed by atoms with E-state index in [-0.39, 0.29) is 23.3 Å². The number of imide groups is 1. The molecular formula is C17H30N2O2. The Morgan fingerprint density at radius 2 is 1.71 bits per heavy atom. The summed E-state index contributed by atoms with van der Waals surface area (Å²) in [6.07, 6.45) is 7.30. The number of likely N-dealkylation sites (N-methyl/N-ethyl adjacent to an activating group) is 1. The average molecular weight is 294 g/mol. The largest absolute Gasteiger partial charge is 0.312 e. The summed E-state index contributed by atoms with van der Waals surface area (Å²) in [7, 11) is 0. The van der Waals surface area contributed by atoms with Gasteiger partial charge in [-0.3, -0.25) is 14.5 Å². The molecule has 0 spiro atoms. The molecule has 1 N–H and O–H groups in total. The molecule has 1 saturated heterocycles. The average Bonchev–Trinajstić information content (AvgIpc) is 2.41. The van der Waals surface area contributed by atoms with Crippen LogP contribution in [0.25, 0.3) is 0 Å². The van der Waals surface area contributed by atoms with Crippen molar-refractivity contribution in [2.45, 2.75) is 71.8 Å². The van der Waals surface area contributed by atoms with Crippen LogP contribution in [0.1, 0.15) is 65.7 Å². The maximum Gasteiger partial charge on any atom is 0.229 e. The smallest absolute Gasteiger partial charge is 0.229 e. The van der Waals surface area contributed by atoms with Crippen LogP contribution < -0.4 is 5.32 Å². The molecule has 21 heavy (non-hydrogen) atoms. The van der Waals surface area contributed by atoms with Gasteiger partial charge in [0, 0.05) is 25.4 Å². The van der Waals surface area contributed by atoms with Crippen molar-refractivity contribution in [3.05, 3.63) is 0 Å². The standard InChI is InChI=1S/C17H30N2O2/c1-4-18-14(13-8-6-5-7-9-13)12-19-15(20)10-17(2,3)11-16(19)21/h13-14,18H,4-12H2,1-3H3. The van der Waals surface area contributed by atoms with Crippen molar-refractivity contribution in [1.82, 2.24) is 10.2 Å². The summed E-state index contributed by atoms with van der Waals surface area (Å²) in [4.78, 5) is 26.2. The molecule has 2 fully saturated rings. The first kappa shape index (κ1) is 16.5. The first-order chi connectivity index (χ1) is 9.93. The lowest BCUT2D eigenvalue weighted by Crippen LogP contribution is -2.53. The Kier molecular flexibility index (Phi) is 5.42. The summed E-state index contributed by atoms with van der Waals surface area (Å²) in [5.74, 6) is 0.624. The molecule has 0 radical (unpaired) electrons. The zero-order valence-electron chi connectivity index (χ0n) is 13.8. The van der Waals surface area contributed by atoms with Gasteiger partial charge in [0.15, 0.2) is 0 Å². The Bertz CT molecular complexity index is 366. The predicted octanol–water partition coefficient (Wildman–Crippen LogP) is 2.72. The molecule has 0 bridgehead atoms. The van der Waals surface area contributed by atoms with Crippen LogP contribution in [0, 0.1) is 11.3 Å². The molecule has 0 aromatic heterocycles. The number of amides is 2. The fourth-order valence-corrected chi connectivity index (χ4v) is 3.79. The van der Waals surface area contributed by atoms with Gasteiger partial charge in [-0.15, -0.1) is 0 Å². The second-order valence-electron chi connectivity index (χ2n) is 7.48. The van der Waals surface area contributed by atoms with Crippen molar-refractivity contribution in [3.63, 3.8) is 0 Å². The van der Waals surface area contributed by atoms with Crippen LogP contribution in [0.2, 0.25) is 0 Å². The highest BCUT2D eigenvalue weighted by Crippen LogP contribution is 2.33. The number of nitrogens with zero attached hydrogens (tertiary/aromatic N) is 1. The summed E-state index contributed by atoms with van der Waals surface area (Å²) >= 11 is 0. The van der Waals surface area contributed by atoms with E-state index in [1.54, 1.807) is 0 Å². The highest BCUT2D eigenvalue weighted by molar-refractivity contribution is 5.98. The highest BCUT2D eigenvalue weighted by Gasteiger charge is 2.39. The molecule has 1 heterocycles. The summed E-state index contributed by atoms with van der Waals surface area (Å²) < 4.78 is 0. The van der Waals surface area contributed by atoms with Gasteiger partial charge in [0.25, 0.3) is 0 Å². The maximum atomic E-state index is 12.3. The molecule has 1 aliphatic carbocycles. The van der Waals surface area contributed by atoms with E-state index in [0.717, 1.165) is 6.54 Å². The maximum absolute atomic E-state index is 12.3. The number of hydrogen-bond donors (Lipinski definition) is 1. The predicted molar refractivity (Wildman–Crippen MR) is 83.8 cm³/mol. The van der Waals surface area contributed by atoms with Crippen LogP contribution in [0.3, 0.4) is 0 Å². The Balaban J connectivity index is 2.02. The van der Waals surface area contributed by atoms with Crippen molar-refractivity contribution in [3.8, 4) is 0 Å². The van der Waals surface area contributed by atoms with E-state index < -0.39 is 0 Å². The molecule has 0 aromatic rings. The lowest BCUT2D eigenvalue weighted by Gasteiger charge is -2.39. The highest BCUT2D eigenvalue weighted by atomic mass is 16.2. The number of piperidine rings is 1. The van der Waals surface area contributed by atoms with Gasteiger partial charge in [0.05, 0.1) is 0 Å². The summed E-state index contributed by atoms with van der Waals surface area (Å²) in [5.41, 5.74) is -0.177. The first-order valence-electron chi connectivity index (χ1n) is 8.49. The minimum Gasteiger partial charge on any atom is -0.312 e. The van der Waals surface area contributed by atoms with E-state index >= 15 is 0 Å². The van der Waals surface area contributed by atoms with Crippen LogP contribution in [-0.4, -0.2) is 35.8 Å². The van der Waals surface area contributed by atoms with Crippen LogP contribution in [-0.2, 0) is 9.59 Å². The Morgan fingerprint density at radius 1 is 1.14 bits per heavy atom. The van der Waals surface area contributed by atoms with Gasteiger partial charge in [-0.25, -0.2) is 0 Å². The van der Waals surface area contributed by atoms with E-state index in [4.69, 9.17) is 0 Å². The van der Waals surface area contributed by atoms with E-state index in [0.29, 0.717) is 25.3 Å². The Hall–Kier alpha value is -0.900. The van der Waals surface area contributed by atoms with E-state index in [9.17, 15) is 9.59 Å². The van der Waals surface area contributed by atoms with E-state index in [1.807, 2.05) is 13.8 Å². The van der Waals surface area contributed by atoms with Gasteiger partial charge in [0.1, 0.15) is 0 Å². The Labute approximate surface area is 128 Å². The molecule has 4 heteroatoms. The van der Waals surface area contributed by atoms with Gasteiger partial charge in [0.2, 0.25) is 11.8 Å². The van der Waals surface area contributed by atoms with Crippen molar-refractivity contribution in [2.24, 2.45) is 11.3 Å². The van der Waals surface area contributed by atoms with Crippen LogP contribution in [0.5, 0.6) is 0 Å². The van der Waals surface area contributed by atoms with E-state index in [1.165, 1.54) is 37.0 Å². The second-order valence-corrected chi connectivity index (χ2v) is 7.48. The van der Waals surface area contributed by atoms with Crippen LogP contribution in [0.4, 0.5) is 0 Å². The van der Waals surface area contributed by atoms with Crippen LogP contribution >= 0.6 is 0 Å². The minimum atomic E-state index is -0.177. The van der Waals surface area contributed by atoms with Gasteiger partial charge in [-0.1, -0.05) is 40.0 Å². The van der Waals surface area contributed by atoms with Gasteiger partial charge >= 0.3 is 0 Å². The molecule has 120 valence electrons. The molecule has 1 saturated carbocycles. The van der Waals surface area contributed by atoms with Gasteiger partial charge in [-0.05, 0) is 30.7 Å². The number of nitrogens with one attached hydrogen (secondary N) is 1. The molecule has 1 atom stereocenters. The molecular weight excluding hydrogens is 264 g/mol. The zero-order chi connectivity index (χ0) is 15.5. The van der Waals surface area contributed by atoms with Crippen molar-refractivity contribution in [2.75, 3.05) is 13.1 Å². The SMILES string of the molecule is CCNC(CN1C(=O)CC(C)(C)CC1=O)C1CCCCC1. The molecule has 0 aromatic carbocycles. The third-order valence-electron chi connectivity index (χ3n) is 4.93.